The molecule has 0 aromatic heterocycles. The first-order valence-electron chi connectivity index (χ1n) is 13.0. The van der Waals surface area contributed by atoms with Crippen LogP contribution in [0.1, 0.15) is 86.0 Å². The summed E-state index contributed by atoms with van der Waals surface area (Å²) in [5.74, 6) is 1.00. The molecule has 6 heteroatoms. The Balaban J connectivity index is 1.61. The third-order valence-electron chi connectivity index (χ3n) is 9.86. The highest BCUT2D eigenvalue weighted by Gasteiger charge is 2.52. The highest BCUT2D eigenvalue weighted by atomic mass is 32.2. The topological polar surface area (TPSA) is 60.4 Å². The maximum absolute atomic E-state index is 13.3. The number of allylic oxidation sites excluding steroid dienone is 1. The quantitative estimate of drug-likeness (QED) is 0.337. The van der Waals surface area contributed by atoms with Gasteiger partial charge < -0.3 is 4.43 Å². The summed E-state index contributed by atoms with van der Waals surface area (Å²) < 4.78 is 33.4. The van der Waals surface area contributed by atoms with E-state index in [0.29, 0.717) is 11.7 Å². The fraction of sp³-hybridized carbons (Fsp3) is 0.815. The van der Waals surface area contributed by atoms with Crippen molar-refractivity contribution in [2.24, 2.45) is 17.3 Å². The van der Waals surface area contributed by atoms with Gasteiger partial charge in [-0.2, -0.15) is 0 Å². The van der Waals surface area contributed by atoms with Gasteiger partial charge in [0.25, 0.3) is 0 Å². The lowest BCUT2D eigenvalue weighted by atomic mass is 9.62. The number of carbonyl (C=O) groups is 1. The molecule has 4 rings (SSSR count). The Labute approximate surface area is 202 Å². The molecule has 5 atom stereocenters. The van der Waals surface area contributed by atoms with Crippen molar-refractivity contribution in [2.45, 2.75) is 115 Å². The lowest BCUT2D eigenvalue weighted by Crippen LogP contribution is -2.44. The second-order valence-electron chi connectivity index (χ2n) is 13.0. The predicted molar refractivity (Wildman–Crippen MR) is 137 cm³/mol. The minimum Gasteiger partial charge on any atom is -0.414 e. The minimum atomic E-state index is -3.20. The number of Topliss-reactive ketones (excluding diaryl/α,β-unsaturated/α-hetero) is 1. The Morgan fingerprint density at radius 1 is 1.15 bits per heavy atom. The van der Waals surface area contributed by atoms with Crippen molar-refractivity contribution in [2.75, 3.05) is 5.75 Å². The summed E-state index contributed by atoms with van der Waals surface area (Å²) in [6.45, 7) is 15.4. The first kappa shape index (κ1) is 25.4. The zero-order valence-electron chi connectivity index (χ0n) is 21.8. The molecule has 186 valence electrons. The van der Waals surface area contributed by atoms with Gasteiger partial charge in [-0.3, -0.25) is 4.79 Å². The zero-order chi connectivity index (χ0) is 24.4. The molecule has 3 aliphatic carbocycles. The largest absolute Gasteiger partial charge is 0.414 e. The number of hydrogen-bond donors (Lipinski definition) is 0. The van der Waals surface area contributed by atoms with Gasteiger partial charge >= 0.3 is 0 Å². The summed E-state index contributed by atoms with van der Waals surface area (Å²) in [6.07, 6.45) is 9.87. The van der Waals surface area contributed by atoms with E-state index >= 15 is 0 Å². The zero-order valence-corrected chi connectivity index (χ0v) is 23.6. The van der Waals surface area contributed by atoms with Gasteiger partial charge in [-0.05, 0) is 93.3 Å². The molecule has 4 aliphatic rings. The second kappa shape index (κ2) is 8.44. The molecule has 0 aromatic rings. The number of ketones is 1. The average molecular weight is 493 g/mol. The van der Waals surface area contributed by atoms with Crippen LogP contribution in [-0.2, 0) is 19.1 Å². The van der Waals surface area contributed by atoms with Crippen LogP contribution in [0.4, 0.5) is 0 Å². The maximum Gasteiger partial charge on any atom is 0.192 e. The smallest absolute Gasteiger partial charge is 0.192 e. The van der Waals surface area contributed by atoms with Gasteiger partial charge in [-0.25, -0.2) is 8.42 Å². The highest BCUT2D eigenvalue weighted by molar-refractivity contribution is 7.92. The van der Waals surface area contributed by atoms with Crippen molar-refractivity contribution in [3.63, 3.8) is 0 Å². The molecule has 0 spiro atoms. The summed E-state index contributed by atoms with van der Waals surface area (Å²) >= 11 is 0. The molecule has 33 heavy (non-hydrogen) atoms. The third kappa shape index (κ3) is 4.49. The van der Waals surface area contributed by atoms with E-state index in [4.69, 9.17) is 4.43 Å². The van der Waals surface area contributed by atoms with Gasteiger partial charge in [0.1, 0.15) is 11.0 Å². The monoisotopic (exact) mass is 492 g/mol. The normalized spacial score (nSPS) is 37.8. The van der Waals surface area contributed by atoms with Gasteiger partial charge in [0, 0.05) is 12.0 Å². The van der Waals surface area contributed by atoms with Crippen LogP contribution in [0.25, 0.3) is 0 Å². The Hall–Kier alpha value is -0.723. The standard InChI is InChI=1S/C27H44O4SSi/c1-18(28)23-12-13-24-19(9-8-14-27(23,24)5)15-25-22-16-21(31-33(6,7)26(2,3)4)11-10-20(22)17-32(25,29)30/h15,21,23-25H,8-14,16-17H2,1-7H3/t21?,23-,24+,25?,27-/m1/s1. The van der Waals surface area contributed by atoms with E-state index < -0.39 is 23.4 Å². The van der Waals surface area contributed by atoms with Crippen LogP contribution in [0.3, 0.4) is 0 Å². The van der Waals surface area contributed by atoms with E-state index in [1.165, 1.54) is 5.57 Å². The fourth-order valence-corrected chi connectivity index (χ4v) is 10.5. The Bertz CT molecular complexity index is 984. The average Bonchev–Trinajstić information content (AvgIpc) is 3.15. The first-order valence-corrected chi connectivity index (χ1v) is 17.6. The van der Waals surface area contributed by atoms with Crippen molar-refractivity contribution in [1.29, 1.82) is 0 Å². The van der Waals surface area contributed by atoms with E-state index in [1.54, 1.807) is 6.92 Å². The lowest BCUT2D eigenvalue weighted by molar-refractivity contribution is -0.124. The molecule has 2 saturated carbocycles. The molecular weight excluding hydrogens is 448 g/mol. The molecular formula is C27H44O4SSi. The SMILES string of the molecule is CC(=O)[C@H]1CC[C@H]2C(=CC3C4=C(CCC(O[Si](C)(C)C(C)(C)C)C4)CS3(=O)=O)CCC[C@]12C. The minimum absolute atomic E-state index is 0.00393. The second-order valence-corrected chi connectivity index (χ2v) is 19.9. The Kier molecular flexibility index (Phi) is 6.49. The van der Waals surface area contributed by atoms with Gasteiger partial charge in [-0.15, -0.1) is 0 Å². The van der Waals surface area contributed by atoms with E-state index in [9.17, 15) is 13.2 Å². The van der Waals surface area contributed by atoms with Gasteiger partial charge in [-0.1, -0.05) is 44.9 Å². The van der Waals surface area contributed by atoms with Gasteiger partial charge in [0.2, 0.25) is 0 Å². The first-order chi connectivity index (χ1) is 15.2. The summed E-state index contributed by atoms with van der Waals surface area (Å²) in [5, 5.41) is -0.334. The Morgan fingerprint density at radius 2 is 1.85 bits per heavy atom. The van der Waals surface area contributed by atoms with Crippen LogP contribution in [0.2, 0.25) is 18.1 Å². The van der Waals surface area contributed by atoms with Crippen LogP contribution in [0.5, 0.6) is 0 Å². The predicted octanol–water partition coefficient (Wildman–Crippen LogP) is 6.39. The van der Waals surface area contributed by atoms with E-state index in [-0.39, 0.29) is 28.2 Å². The molecule has 0 saturated heterocycles. The molecule has 4 nitrogen and oxygen atoms in total. The van der Waals surface area contributed by atoms with Crippen LogP contribution in [0.15, 0.2) is 22.8 Å². The van der Waals surface area contributed by atoms with Crippen LogP contribution in [0, 0.1) is 17.3 Å². The fourth-order valence-electron chi connectivity index (χ4n) is 7.02. The van der Waals surface area contributed by atoms with Crippen molar-refractivity contribution >= 4 is 23.9 Å². The number of carbonyl (C=O) groups excluding carboxylic acids is 1. The van der Waals surface area contributed by atoms with E-state index in [1.807, 2.05) is 0 Å². The maximum atomic E-state index is 13.3. The van der Waals surface area contributed by atoms with Crippen molar-refractivity contribution in [3.8, 4) is 0 Å². The molecule has 2 unspecified atom stereocenters. The molecule has 1 heterocycles. The van der Waals surface area contributed by atoms with Crippen LogP contribution in [-0.4, -0.2) is 39.6 Å². The van der Waals surface area contributed by atoms with Gasteiger partial charge in [0.05, 0.1) is 5.75 Å². The molecule has 0 bridgehead atoms. The molecule has 0 radical (unpaired) electrons. The van der Waals surface area contributed by atoms with Gasteiger partial charge in [0.15, 0.2) is 18.2 Å². The lowest BCUT2D eigenvalue weighted by Gasteiger charge is -2.42. The number of hydrogen-bond acceptors (Lipinski definition) is 4. The molecule has 2 fully saturated rings. The molecule has 0 aromatic carbocycles. The van der Waals surface area contributed by atoms with E-state index in [2.05, 4.69) is 46.9 Å². The van der Waals surface area contributed by atoms with E-state index in [0.717, 1.165) is 62.5 Å². The summed E-state index contributed by atoms with van der Waals surface area (Å²) in [7, 11) is -5.11. The number of fused-ring (bicyclic) bond motifs is 1. The van der Waals surface area contributed by atoms with Crippen LogP contribution < -0.4 is 0 Å². The summed E-state index contributed by atoms with van der Waals surface area (Å²) in [5.41, 5.74) is 3.59. The highest BCUT2D eigenvalue weighted by Crippen LogP contribution is 2.58. The molecule has 1 aliphatic heterocycles. The molecule has 0 amide bonds. The Morgan fingerprint density at radius 3 is 2.48 bits per heavy atom. The van der Waals surface area contributed by atoms with Crippen molar-refractivity contribution in [3.05, 3.63) is 22.8 Å². The van der Waals surface area contributed by atoms with Crippen LogP contribution >= 0.6 is 0 Å². The van der Waals surface area contributed by atoms with Crippen molar-refractivity contribution in [1.82, 2.24) is 0 Å². The summed E-state index contributed by atoms with van der Waals surface area (Å²) in [4.78, 5) is 12.3. The van der Waals surface area contributed by atoms with Crippen molar-refractivity contribution < 1.29 is 17.6 Å². The number of sulfone groups is 1. The number of rotatable bonds is 4. The third-order valence-corrected chi connectivity index (χ3v) is 16.3. The summed E-state index contributed by atoms with van der Waals surface area (Å²) in [6, 6.07) is 0. The molecule has 0 N–H and O–H groups in total.